The van der Waals surface area contributed by atoms with Crippen molar-refractivity contribution in [1.82, 2.24) is 9.55 Å². The predicted molar refractivity (Wildman–Crippen MR) is 82.1 cm³/mol. The van der Waals surface area contributed by atoms with E-state index < -0.39 is 5.82 Å². The molecule has 108 valence electrons. The molecule has 0 fully saturated rings. The maximum Gasteiger partial charge on any atom is 0.143 e. The van der Waals surface area contributed by atoms with Crippen molar-refractivity contribution in [3.05, 3.63) is 53.1 Å². The highest BCUT2D eigenvalue weighted by Crippen LogP contribution is 2.27. The first-order chi connectivity index (χ1) is 10.1. The smallest absolute Gasteiger partial charge is 0.143 e. The normalized spacial score (nSPS) is 11.0. The maximum atomic E-state index is 13.7. The monoisotopic (exact) mass is 324 g/mol. The van der Waals surface area contributed by atoms with E-state index in [0.717, 1.165) is 11.0 Å². The van der Waals surface area contributed by atoms with Gasteiger partial charge in [0.2, 0.25) is 0 Å². The van der Waals surface area contributed by atoms with Crippen LogP contribution in [0.2, 0.25) is 5.02 Å². The second kappa shape index (κ2) is 5.54. The van der Waals surface area contributed by atoms with Crippen molar-refractivity contribution in [1.29, 1.82) is 0 Å². The zero-order valence-electron chi connectivity index (χ0n) is 11.1. The van der Waals surface area contributed by atoms with Crippen molar-refractivity contribution in [2.75, 3.05) is 7.11 Å². The Bertz CT molecular complexity index is 817. The minimum atomic E-state index is -0.487. The van der Waals surface area contributed by atoms with E-state index in [1.54, 1.807) is 17.7 Å². The predicted octanol–water partition coefficient (Wildman–Crippen LogP) is 4.57. The molecule has 21 heavy (non-hydrogen) atoms. The zero-order chi connectivity index (χ0) is 15.0. The number of aromatic nitrogens is 2. The third-order valence-electron chi connectivity index (χ3n) is 3.21. The Morgan fingerprint density at radius 2 is 2.05 bits per heavy atom. The Hall–Kier alpha value is -1.78. The highest BCUT2D eigenvalue weighted by molar-refractivity contribution is 6.30. The van der Waals surface area contributed by atoms with E-state index in [9.17, 15) is 4.39 Å². The Labute approximate surface area is 130 Å². The standard InChI is InChI=1S/C15H11Cl2FN2O/c1-21-10-3-5-13-14(7-10)20(15(8-16)19-13)9-2-4-11(17)12(18)6-9/h2-7H,8H2,1H3. The summed E-state index contributed by atoms with van der Waals surface area (Å²) in [5.41, 5.74) is 2.18. The number of alkyl halides is 1. The summed E-state index contributed by atoms with van der Waals surface area (Å²) in [7, 11) is 1.59. The molecule has 1 aromatic heterocycles. The van der Waals surface area contributed by atoms with Gasteiger partial charge in [0.05, 0.1) is 34.7 Å². The topological polar surface area (TPSA) is 27.1 Å². The van der Waals surface area contributed by atoms with E-state index in [-0.39, 0.29) is 10.9 Å². The van der Waals surface area contributed by atoms with E-state index in [0.29, 0.717) is 17.3 Å². The van der Waals surface area contributed by atoms with E-state index in [1.807, 2.05) is 18.2 Å². The number of ether oxygens (including phenoxy) is 1. The molecule has 0 aliphatic rings. The lowest BCUT2D eigenvalue weighted by atomic mass is 10.2. The number of nitrogens with zero attached hydrogens (tertiary/aromatic N) is 2. The van der Waals surface area contributed by atoms with Crippen LogP contribution < -0.4 is 4.74 Å². The number of imidazole rings is 1. The average Bonchev–Trinajstić information content (AvgIpc) is 2.87. The minimum absolute atomic E-state index is 0.0770. The Kier molecular flexibility index (Phi) is 3.74. The minimum Gasteiger partial charge on any atom is -0.497 e. The van der Waals surface area contributed by atoms with Crippen molar-refractivity contribution in [3.63, 3.8) is 0 Å². The summed E-state index contributed by atoms with van der Waals surface area (Å²) >= 11 is 11.7. The largest absolute Gasteiger partial charge is 0.497 e. The van der Waals surface area contributed by atoms with E-state index in [4.69, 9.17) is 27.9 Å². The third kappa shape index (κ3) is 2.45. The first-order valence-corrected chi connectivity index (χ1v) is 7.12. The van der Waals surface area contributed by atoms with Gasteiger partial charge in [-0.15, -0.1) is 11.6 Å². The van der Waals surface area contributed by atoms with Crippen LogP contribution in [0, 0.1) is 5.82 Å². The summed E-state index contributed by atoms with van der Waals surface area (Å²) in [5, 5.41) is 0.0770. The molecule has 0 saturated heterocycles. The molecule has 0 N–H and O–H groups in total. The van der Waals surface area contributed by atoms with Crippen LogP contribution in [0.25, 0.3) is 16.7 Å². The number of halogens is 3. The number of fused-ring (bicyclic) bond motifs is 1. The van der Waals surface area contributed by atoms with Crippen molar-refractivity contribution < 1.29 is 9.13 Å². The summed E-state index contributed by atoms with van der Waals surface area (Å²) in [4.78, 5) is 4.46. The van der Waals surface area contributed by atoms with Gasteiger partial charge < -0.3 is 4.74 Å². The quantitative estimate of drug-likeness (QED) is 0.660. The molecule has 0 saturated carbocycles. The molecule has 0 spiro atoms. The van der Waals surface area contributed by atoms with Crippen LogP contribution in [0.3, 0.4) is 0 Å². The molecule has 1 heterocycles. The summed E-state index contributed by atoms with van der Waals surface area (Å²) < 4.78 is 20.8. The van der Waals surface area contributed by atoms with Gasteiger partial charge in [0.25, 0.3) is 0 Å². The maximum absolute atomic E-state index is 13.7. The van der Waals surface area contributed by atoms with Crippen LogP contribution >= 0.6 is 23.2 Å². The van der Waals surface area contributed by atoms with Gasteiger partial charge in [0, 0.05) is 6.07 Å². The SMILES string of the molecule is COc1ccc2nc(CCl)n(-c3ccc(Cl)c(F)c3)c2c1. The molecule has 6 heteroatoms. The molecule has 0 aliphatic carbocycles. The first-order valence-electron chi connectivity index (χ1n) is 6.21. The zero-order valence-corrected chi connectivity index (χ0v) is 12.6. The van der Waals surface area contributed by atoms with Gasteiger partial charge >= 0.3 is 0 Å². The van der Waals surface area contributed by atoms with Crippen LogP contribution in [-0.2, 0) is 5.88 Å². The number of hydrogen-bond acceptors (Lipinski definition) is 2. The lowest BCUT2D eigenvalue weighted by molar-refractivity contribution is 0.415. The van der Waals surface area contributed by atoms with Gasteiger partial charge in [0.15, 0.2) is 0 Å². The molecule has 3 aromatic rings. The van der Waals surface area contributed by atoms with Crippen molar-refractivity contribution in [3.8, 4) is 11.4 Å². The average molecular weight is 325 g/mol. The number of hydrogen-bond donors (Lipinski definition) is 0. The van der Waals surface area contributed by atoms with Gasteiger partial charge in [-0.25, -0.2) is 9.37 Å². The van der Waals surface area contributed by atoms with Gasteiger partial charge in [0.1, 0.15) is 17.4 Å². The second-order valence-corrected chi connectivity index (χ2v) is 5.12. The first kappa shape index (κ1) is 14.2. The number of methoxy groups -OCH3 is 1. The van der Waals surface area contributed by atoms with E-state index >= 15 is 0 Å². The molecule has 2 aromatic carbocycles. The van der Waals surface area contributed by atoms with Crippen LogP contribution in [0.15, 0.2) is 36.4 Å². The van der Waals surface area contributed by atoms with Crippen molar-refractivity contribution >= 4 is 34.2 Å². The van der Waals surface area contributed by atoms with E-state index in [1.165, 1.54) is 12.1 Å². The molecule has 0 unspecified atom stereocenters. The van der Waals surface area contributed by atoms with Gasteiger partial charge in [-0.1, -0.05) is 11.6 Å². The Morgan fingerprint density at radius 1 is 1.24 bits per heavy atom. The number of rotatable bonds is 3. The molecular formula is C15H11Cl2FN2O. The molecular weight excluding hydrogens is 314 g/mol. The lowest BCUT2D eigenvalue weighted by Gasteiger charge is -2.09. The Morgan fingerprint density at radius 3 is 2.71 bits per heavy atom. The Balaban J connectivity index is 2.30. The van der Waals surface area contributed by atoms with Crippen LogP contribution in [0.4, 0.5) is 4.39 Å². The van der Waals surface area contributed by atoms with Gasteiger partial charge in [-0.3, -0.25) is 4.57 Å². The summed E-state index contributed by atoms with van der Waals surface area (Å²) in [6.45, 7) is 0. The number of benzene rings is 2. The summed E-state index contributed by atoms with van der Waals surface area (Å²) in [6, 6.07) is 10.1. The molecule has 0 atom stereocenters. The fourth-order valence-electron chi connectivity index (χ4n) is 2.23. The summed E-state index contributed by atoms with van der Waals surface area (Å²) in [6.07, 6.45) is 0. The van der Waals surface area contributed by atoms with Crippen molar-refractivity contribution in [2.24, 2.45) is 0 Å². The molecule has 3 nitrogen and oxygen atoms in total. The molecule has 0 radical (unpaired) electrons. The lowest BCUT2D eigenvalue weighted by Crippen LogP contribution is -2.00. The molecule has 3 rings (SSSR count). The highest BCUT2D eigenvalue weighted by Gasteiger charge is 2.14. The van der Waals surface area contributed by atoms with Crippen LogP contribution in [0.1, 0.15) is 5.82 Å². The summed E-state index contributed by atoms with van der Waals surface area (Å²) in [5.74, 6) is 1.04. The fraction of sp³-hybridized carbons (Fsp3) is 0.133. The molecule has 0 aliphatic heterocycles. The molecule has 0 amide bonds. The molecule has 0 bridgehead atoms. The van der Waals surface area contributed by atoms with Gasteiger partial charge in [-0.05, 0) is 30.3 Å². The fourth-order valence-corrected chi connectivity index (χ4v) is 2.53. The van der Waals surface area contributed by atoms with Crippen molar-refractivity contribution in [2.45, 2.75) is 5.88 Å². The van der Waals surface area contributed by atoms with Crippen LogP contribution in [-0.4, -0.2) is 16.7 Å². The van der Waals surface area contributed by atoms with Gasteiger partial charge in [-0.2, -0.15) is 0 Å². The van der Waals surface area contributed by atoms with Crippen LogP contribution in [0.5, 0.6) is 5.75 Å². The second-order valence-electron chi connectivity index (χ2n) is 4.45. The highest BCUT2D eigenvalue weighted by atomic mass is 35.5. The third-order valence-corrected chi connectivity index (χ3v) is 3.76. The van der Waals surface area contributed by atoms with E-state index in [2.05, 4.69) is 4.98 Å².